The van der Waals surface area contributed by atoms with Crippen molar-refractivity contribution in [1.29, 1.82) is 0 Å². The Bertz CT molecular complexity index is 3600. The number of halogens is 3. The summed E-state index contributed by atoms with van der Waals surface area (Å²) in [5.74, 6) is 0.0211. The van der Waals surface area contributed by atoms with Crippen LogP contribution in [0.2, 0.25) is 0 Å². The molecule has 0 radical (unpaired) electrons. The molecule has 2 amide bonds. The van der Waals surface area contributed by atoms with Crippen LogP contribution >= 0.6 is 70.5 Å². The molecule has 0 bridgehead atoms. The summed E-state index contributed by atoms with van der Waals surface area (Å²) >= 11 is 12.4. The third kappa shape index (κ3) is 20.0. The molecular formula is C66H79Br3N10O5S2. The second-order valence-electron chi connectivity index (χ2n) is 21.2. The van der Waals surface area contributed by atoms with Crippen LogP contribution in [0.15, 0.2) is 96.0 Å². The Morgan fingerprint density at radius 2 is 0.814 bits per heavy atom. The summed E-state index contributed by atoms with van der Waals surface area (Å²) in [6.07, 6.45) is 3.20. The fourth-order valence-corrected chi connectivity index (χ4v) is 11.8. The first-order valence-electron chi connectivity index (χ1n) is 27.2. The Kier molecular flexibility index (Phi) is 27.5. The van der Waals surface area contributed by atoms with E-state index in [0.717, 1.165) is 78.4 Å². The van der Waals surface area contributed by atoms with Crippen LogP contribution in [-0.4, -0.2) is 102 Å². The van der Waals surface area contributed by atoms with Crippen LogP contribution in [0.5, 0.6) is 0 Å². The van der Waals surface area contributed by atoms with Gasteiger partial charge in [0.25, 0.3) is 5.91 Å². The van der Waals surface area contributed by atoms with Crippen molar-refractivity contribution >= 4 is 138 Å². The molecule has 15 nitrogen and oxygen atoms in total. The zero-order valence-corrected chi connectivity index (χ0v) is 58.6. The number of nitrogen functional groups attached to an aromatic ring is 2. The van der Waals surface area contributed by atoms with Gasteiger partial charge in [-0.25, -0.2) is 9.97 Å². The van der Waals surface area contributed by atoms with Gasteiger partial charge in [0.2, 0.25) is 5.91 Å². The molecule has 0 aliphatic heterocycles. The molecule has 0 saturated carbocycles. The van der Waals surface area contributed by atoms with E-state index in [9.17, 15) is 24.0 Å². The van der Waals surface area contributed by atoms with E-state index in [1.54, 1.807) is 24.5 Å². The van der Waals surface area contributed by atoms with Crippen LogP contribution in [0.1, 0.15) is 104 Å². The third-order valence-electron chi connectivity index (χ3n) is 13.4. The quantitative estimate of drug-likeness (QED) is 0.0454. The molecular weight excluding hydrogens is 1320 g/mol. The lowest BCUT2D eigenvalue weighted by Gasteiger charge is -2.17. The molecule has 3 aromatic heterocycles. The number of hydrogen-bond acceptors (Lipinski definition) is 15. The van der Waals surface area contributed by atoms with Gasteiger partial charge < -0.3 is 31.5 Å². The van der Waals surface area contributed by atoms with Crippen molar-refractivity contribution in [2.24, 2.45) is 0 Å². The number of benzene rings is 5. The number of amides is 2. The Labute approximate surface area is 540 Å². The second-order valence-corrected chi connectivity index (χ2v) is 24.6. The van der Waals surface area contributed by atoms with Crippen LogP contribution < -0.4 is 36.8 Å². The number of ketones is 3. The number of nitrogens with two attached hydrogens (primary N) is 2. The van der Waals surface area contributed by atoms with Gasteiger partial charge >= 0.3 is 0 Å². The van der Waals surface area contributed by atoms with Gasteiger partial charge in [0.1, 0.15) is 0 Å². The summed E-state index contributed by atoms with van der Waals surface area (Å²) in [7, 11) is 12.2. The lowest BCUT2D eigenvalue weighted by molar-refractivity contribution is -0.114. The molecule has 86 heavy (non-hydrogen) atoms. The fraction of sp³-hybridized carbons (Fsp3) is 0.303. The number of aromatic nitrogens is 3. The van der Waals surface area contributed by atoms with Gasteiger partial charge in [-0.3, -0.25) is 34.3 Å². The predicted octanol–water partition coefficient (Wildman–Crippen LogP) is 15.5. The summed E-state index contributed by atoms with van der Waals surface area (Å²) in [6, 6.07) is 23.4. The van der Waals surface area contributed by atoms with Crippen LogP contribution in [-0.2, 0) is 4.79 Å². The molecule has 8 aromatic rings. The van der Waals surface area contributed by atoms with E-state index >= 15 is 0 Å². The number of hydrogen-bond donors (Lipinski definition) is 4. The monoisotopic (exact) mass is 1390 g/mol. The zero-order valence-electron chi connectivity index (χ0n) is 52.2. The Morgan fingerprint density at radius 1 is 0.477 bits per heavy atom. The number of carbonyl (C=O) groups is 5. The molecule has 5 aromatic carbocycles. The Balaban J connectivity index is 0.000000235. The molecule has 456 valence electrons. The number of nitrogens with one attached hydrogen (secondary N) is 2. The third-order valence-corrected chi connectivity index (χ3v) is 16.4. The Morgan fingerprint density at radius 3 is 1.15 bits per heavy atom. The smallest absolute Gasteiger partial charge is 0.257 e. The minimum atomic E-state index is -0.181. The first kappa shape index (κ1) is 71.4. The summed E-state index contributed by atoms with van der Waals surface area (Å²) in [5, 5.41) is 11.8. The van der Waals surface area contributed by atoms with Gasteiger partial charge in [-0.05, 0) is 198 Å². The summed E-state index contributed by atoms with van der Waals surface area (Å²) in [6.45, 7) is 21.4. The van der Waals surface area contributed by atoms with Crippen molar-refractivity contribution in [3.8, 4) is 22.5 Å². The van der Waals surface area contributed by atoms with E-state index in [-0.39, 0.29) is 29.2 Å². The van der Waals surface area contributed by atoms with Crippen molar-refractivity contribution in [2.45, 2.75) is 76.2 Å². The van der Waals surface area contributed by atoms with Crippen LogP contribution in [0.25, 0.3) is 22.5 Å². The number of rotatable bonds is 14. The molecule has 0 spiro atoms. The molecule has 0 atom stereocenters. The van der Waals surface area contributed by atoms with Gasteiger partial charge in [-0.2, -0.15) is 0 Å². The van der Waals surface area contributed by atoms with Crippen LogP contribution in [0.4, 0.5) is 38.7 Å². The number of aryl methyl sites for hydroxylation is 10. The molecule has 3 heterocycles. The maximum Gasteiger partial charge on any atom is 0.257 e. The van der Waals surface area contributed by atoms with Crippen LogP contribution in [0.3, 0.4) is 0 Å². The molecule has 20 heteroatoms. The standard InChI is InChI=1S/C19H20N4OS.C13H17N3S.C12H14BrNO2.C12H16BrNO.C10H12BrNO/c1-12-9-15(23(3)4)10-13(2)17(12)16-11-25-19(21-16)22-18(24)14-5-7-20-8-6-14;1-8-5-10(16(3)4)6-9(2)12(8)11-7-17-13(14)15-11;1-7-4-10(14-9(3)15)5-8(2)12(7)11(16)6-13;1-8-5-10(14(3)4)6-9(2)12(8)11(15)7-13;1-6-3-8(12)4-7(2)10(6)9(13)5-11/h5-11H,1-4H3,(H,21,22,24);5-7H,1-4H3,(H2,14,15);4-5H,6H2,1-3H3,(H,14,15);5-6H,7H2,1-4H3;3-4H,5,12H2,1-2H3. The van der Waals surface area contributed by atoms with Crippen molar-refractivity contribution in [2.75, 3.05) is 95.1 Å². The van der Waals surface area contributed by atoms with Gasteiger partial charge in [0.05, 0.1) is 27.4 Å². The van der Waals surface area contributed by atoms with E-state index in [2.05, 4.69) is 149 Å². The van der Waals surface area contributed by atoms with E-state index in [0.29, 0.717) is 37.5 Å². The molecule has 0 aliphatic carbocycles. The van der Waals surface area contributed by atoms with Gasteiger partial charge in [0, 0.05) is 134 Å². The SMILES string of the molecule is CC(=O)Nc1cc(C)c(C(=O)CBr)c(C)c1.Cc1cc(N(C)C)cc(C)c1-c1csc(N)n1.Cc1cc(N(C)C)cc(C)c1-c1csc(NC(=O)c2ccncc2)n1.Cc1cc(N(C)C)cc(C)c1C(=O)CBr.Cc1cc(N)cc(C)c1C(=O)CBr. The van der Waals surface area contributed by atoms with Crippen molar-refractivity contribution in [3.63, 3.8) is 0 Å². The zero-order chi connectivity index (χ0) is 64.4. The number of nitrogens with zero attached hydrogens (tertiary/aromatic N) is 6. The van der Waals surface area contributed by atoms with Gasteiger partial charge in [-0.1, -0.05) is 47.8 Å². The molecule has 0 aliphatic rings. The van der Waals surface area contributed by atoms with Crippen molar-refractivity contribution in [1.82, 2.24) is 15.0 Å². The molecule has 6 N–H and O–H groups in total. The summed E-state index contributed by atoms with van der Waals surface area (Å²) in [4.78, 5) is 77.1. The normalized spacial score (nSPS) is 10.3. The number of Topliss-reactive ketones (excluding diaryl/α,β-unsaturated/α-hetero) is 3. The summed E-state index contributed by atoms with van der Waals surface area (Å²) < 4.78 is 0. The topological polar surface area (TPSA) is 210 Å². The first-order valence-corrected chi connectivity index (χ1v) is 32.3. The first-order chi connectivity index (χ1) is 40.4. The average molecular weight is 1400 g/mol. The highest BCUT2D eigenvalue weighted by Crippen LogP contribution is 2.35. The van der Waals surface area contributed by atoms with E-state index in [1.165, 1.54) is 68.8 Å². The lowest BCUT2D eigenvalue weighted by Crippen LogP contribution is -2.12. The minimum Gasteiger partial charge on any atom is -0.399 e. The summed E-state index contributed by atoms with van der Waals surface area (Å²) in [5.41, 5.74) is 33.9. The number of carbonyl (C=O) groups excluding carboxylic acids is 5. The fourth-order valence-electron chi connectivity index (χ4n) is 9.68. The Hall–Kier alpha value is -7.10. The van der Waals surface area contributed by atoms with Crippen LogP contribution in [0, 0.1) is 69.2 Å². The average Bonchev–Trinajstić information content (AvgIpc) is 3.90. The van der Waals surface area contributed by atoms with E-state index < -0.39 is 0 Å². The molecule has 0 saturated heterocycles. The van der Waals surface area contributed by atoms with Gasteiger partial charge in [0.15, 0.2) is 27.6 Å². The predicted molar refractivity (Wildman–Crippen MR) is 374 cm³/mol. The second kappa shape index (κ2) is 33.1. The van der Waals surface area contributed by atoms with Crippen molar-refractivity contribution in [3.05, 3.63) is 174 Å². The van der Waals surface area contributed by atoms with Crippen molar-refractivity contribution < 1.29 is 24.0 Å². The number of alkyl halides is 3. The van der Waals surface area contributed by atoms with E-state index in [4.69, 9.17) is 11.5 Å². The van der Waals surface area contributed by atoms with E-state index in [1.807, 2.05) is 122 Å². The molecule has 8 rings (SSSR count). The molecule has 0 unspecified atom stereocenters. The van der Waals surface area contributed by atoms with Gasteiger partial charge in [-0.15, -0.1) is 22.7 Å². The largest absolute Gasteiger partial charge is 0.399 e. The molecule has 0 fully saturated rings. The lowest BCUT2D eigenvalue weighted by atomic mass is 9.98. The minimum absolute atomic E-state index is 0.0596. The highest BCUT2D eigenvalue weighted by molar-refractivity contribution is 9.09. The number of anilines is 7. The number of thiazole rings is 2. The number of pyridine rings is 1. The maximum absolute atomic E-state index is 12.2. The highest BCUT2D eigenvalue weighted by atomic mass is 79.9. The maximum atomic E-state index is 12.2. The highest BCUT2D eigenvalue weighted by Gasteiger charge is 2.18.